The van der Waals surface area contributed by atoms with Crippen molar-refractivity contribution in [2.45, 2.75) is 33.4 Å². The number of nitrogens with one attached hydrogen (secondary N) is 1. The fourth-order valence-electron chi connectivity index (χ4n) is 2.74. The van der Waals surface area contributed by atoms with Gasteiger partial charge in [0.05, 0.1) is 37.5 Å². The van der Waals surface area contributed by atoms with E-state index >= 15 is 0 Å². The Labute approximate surface area is 185 Å². The average molecular weight is 506 g/mol. The number of anilines is 1. The Kier molecular flexibility index (Phi) is 6.39. The molecule has 0 aliphatic heterocycles. The van der Waals surface area contributed by atoms with Gasteiger partial charge in [0.2, 0.25) is 5.91 Å². The van der Waals surface area contributed by atoms with E-state index in [9.17, 15) is 4.79 Å². The van der Waals surface area contributed by atoms with Crippen molar-refractivity contribution in [2.75, 3.05) is 5.32 Å². The van der Waals surface area contributed by atoms with Crippen molar-refractivity contribution in [3.63, 3.8) is 0 Å². The minimum absolute atomic E-state index is 0.247. The molecule has 148 valence electrons. The van der Waals surface area contributed by atoms with Crippen molar-refractivity contribution >= 4 is 62.5 Å². The second-order valence-corrected chi connectivity index (χ2v) is 8.41. The monoisotopic (exact) mass is 503 g/mol. The predicted octanol–water partition coefficient (Wildman–Crippen LogP) is 5.67. The average Bonchev–Trinajstić information content (AvgIpc) is 3.11. The van der Waals surface area contributed by atoms with E-state index in [2.05, 4.69) is 31.4 Å². The van der Waals surface area contributed by atoms with E-state index in [0.717, 1.165) is 11.3 Å². The van der Waals surface area contributed by atoms with Gasteiger partial charge in [0, 0.05) is 6.20 Å². The van der Waals surface area contributed by atoms with Crippen molar-refractivity contribution < 1.29 is 4.79 Å². The van der Waals surface area contributed by atoms with Gasteiger partial charge in [-0.2, -0.15) is 10.2 Å². The molecular formula is C18H17BrCl3N5O. The van der Waals surface area contributed by atoms with Crippen LogP contribution in [0.4, 0.5) is 5.82 Å². The zero-order valence-corrected chi connectivity index (χ0v) is 19.2. The van der Waals surface area contributed by atoms with Crippen molar-refractivity contribution in [3.8, 4) is 0 Å². The zero-order chi connectivity index (χ0) is 20.6. The number of aromatic nitrogens is 4. The highest BCUT2D eigenvalue weighted by Crippen LogP contribution is 2.26. The van der Waals surface area contributed by atoms with Crippen LogP contribution in [0.3, 0.4) is 0 Å². The summed E-state index contributed by atoms with van der Waals surface area (Å²) in [7, 11) is 0. The van der Waals surface area contributed by atoms with Crippen molar-refractivity contribution in [2.24, 2.45) is 0 Å². The fourth-order valence-corrected chi connectivity index (χ4v) is 3.60. The molecule has 3 rings (SSSR count). The number of nitrogens with zero attached hydrogens (tertiary/aromatic N) is 4. The van der Waals surface area contributed by atoms with E-state index in [-0.39, 0.29) is 5.91 Å². The molecule has 0 fully saturated rings. The highest BCUT2D eigenvalue weighted by atomic mass is 79.9. The van der Waals surface area contributed by atoms with Gasteiger partial charge in [-0.1, -0.05) is 40.9 Å². The second-order valence-electron chi connectivity index (χ2n) is 6.37. The largest absolute Gasteiger partial charge is 0.306 e. The highest BCUT2D eigenvalue weighted by Gasteiger charge is 2.22. The zero-order valence-electron chi connectivity index (χ0n) is 15.3. The Morgan fingerprint density at radius 1 is 1.21 bits per heavy atom. The molecule has 0 bridgehead atoms. The second kappa shape index (κ2) is 8.45. The van der Waals surface area contributed by atoms with E-state index < -0.39 is 6.04 Å². The van der Waals surface area contributed by atoms with Crippen molar-refractivity contribution in [3.05, 3.63) is 60.9 Å². The summed E-state index contributed by atoms with van der Waals surface area (Å²) in [5, 5.41) is 13.1. The van der Waals surface area contributed by atoms with Crippen LogP contribution in [0.15, 0.2) is 28.9 Å². The molecule has 6 nitrogen and oxygen atoms in total. The van der Waals surface area contributed by atoms with E-state index in [1.54, 1.807) is 41.5 Å². The molecule has 10 heteroatoms. The Morgan fingerprint density at radius 3 is 2.54 bits per heavy atom. The molecule has 2 aromatic heterocycles. The molecule has 28 heavy (non-hydrogen) atoms. The Morgan fingerprint density at radius 2 is 1.93 bits per heavy atom. The number of amides is 1. The smallest absolute Gasteiger partial charge is 0.250 e. The quantitative estimate of drug-likeness (QED) is 0.486. The number of rotatable bonds is 5. The topological polar surface area (TPSA) is 64.7 Å². The number of benzene rings is 1. The van der Waals surface area contributed by atoms with Crippen LogP contribution in [0.5, 0.6) is 0 Å². The standard InChI is InChI=1S/C18H17BrCl3N5O/c1-9-16(22)10(2)27(24-9)11(3)18(28)23-17-13(19)8-26(25-17)7-12-4-5-14(20)15(21)6-12/h4-6,8,11H,7H2,1-3H3,(H,23,25,28). The third kappa shape index (κ3) is 4.38. The van der Waals surface area contributed by atoms with Crippen LogP contribution in [-0.2, 0) is 11.3 Å². The lowest BCUT2D eigenvalue weighted by Gasteiger charge is -2.13. The lowest BCUT2D eigenvalue weighted by atomic mass is 10.2. The van der Waals surface area contributed by atoms with Gasteiger partial charge in [-0.05, 0) is 54.4 Å². The van der Waals surface area contributed by atoms with E-state index in [1.165, 1.54) is 0 Å². The summed E-state index contributed by atoms with van der Waals surface area (Å²) in [6, 6.07) is 4.85. The summed E-state index contributed by atoms with van der Waals surface area (Å²) in [4.78, 5) is 12.7. The van der Waals surface area contributed by atoms with Gasteiger partial charge in [0.1, 0.15) is 6.04 Å². The summed E-state index contributed by atoms with van der Waals surface area (Å²) in [5.41, 5.74) is 2.37. The molecule has 0 saturated heterocycles. The van der Waals surface area contributed by atoms with Gasteiger partial charge >= 0.3 is 0 Å². The number of hydrogen-bond acceptors (Lipinski definition) is 3. The first kappa shape index (κ1) is 21.2. The normalized spacial score (nSPS) is 12.2. The Hall–Kier alpha value is -1.54. The SMILES string of the molecule is Cc1nn(C(C)C(=O)Nc2nn(Cc3ccc(Cl)c(Cl)c3)cc2Br)c(C)c1Cl. The van der Waals surface area contributed by atoms with Crippen molar-refractivity contribution in [1.82, 2.24) is 19.6 Å². The molecule has 1 amide bonds. The molecule has 1 N–H and O–H groups in total. The lowest BCUT2D eigenvalue weighted by Crippen LogP contribution is -2.25. The molecule has 1 aromatic carbocycles. The van der Waals surface area contributed by atoms with Gasteiger partial charge < -0.3 is 5.32 Å². The van der Waals surface area contributed by atoms with E-state index in [0.29, 0.717) is 37.6 Å². The number of halogens is 4. The molecule has 0 aliphatic carbocycles. The molecule has 0 aliphatic rings. The summed E-state index contributed by atoms with van der Waals surface area (Å²) in [6.45, 7) is 5.87. The summed E-state index contributed by atoms with van der Waals surface area (Å²) >= 11 is 21.6. The maximum atomic E-state index is 12.7. The maximum absolute atomic E-state index is 12.7. The van der Waals surface area contributed by atoms with Crippen LogP contribution in [0.2, 0.25) is 15.1 Å². The minimum Gasteiger partial charge on any atom is -0.306 e. The van der Waals surface area contributed by atoms with Gasteiger partial charge in [-0.25, -0.2) is 0 Å². The number of carbonyl (C=O) groups is 1. The Bertz CT molecular complexity index is 1050. The third-order valence-electron chi connectivity index (χ3n) is 4.27. The molecule has 0 radical (unpaired) electrons. The van der Waals surface area contributed by atoms with Gasteiger partial charge in [0.15, 0.2) is 5.82 Å². The third-order valence-corrected chi connectivity index (χ3v) is 6.14. The number of hydrogen-bond donors (Lipinski definition) is 1. The fraction of sp³-hybridized carbons (Fsp3) is 0.278. The van der Waals surface area contributed by atoms with Crippen LogP contribution in [0.1, 0.15) is 29.9 Å². The van der Waals surface area contributed by atoms with E-state index in [1.807, 2.05) is 13.0 Å². The van der Waals surface area contributed by atoms with Gasteiger partial charge in [-0.15, -0.1) is 0 Å². The van der Waals surface area contributed by atoms with Crippen LogP contribution < -0.4 is 5.32 Å². The summed E-state index contributed by atoms with van der Waals surface area (Å²) in [6.07, 6.45) is 1.78. The van der Waals surface area contributed by atoms with Gasteiger partial charge in [0.25, 0.3) is 0 Å². The highest BCUT2D eigenvalue weighted by molar-refractivity contribution is 9.10. The number of carbonyl (C=O) groups excluding carboxylic acids is 1. The van der Waals surface area contributed by atoms with Crippen molar-refractivity contribution in [1.29, 1.82) is 0 Å². The molecule has 3 aromatic rings. The van der Waals surface area contributed by atoms with Crippen LogP contribution >= 0.6 is 50.7 Å². The summed E-state index contributed by atoms with van der Waals surface area (Å²) < 4.78 is 3.97. The predicted molar refractivity (Wildman–Crippen MR) is 116 cm³/mol. The van der Waals surface area contributed by atoms with Crippen LogP contribution in [0, 0.1) is 13.8 Å². The first-order valence-corrected chi connectivity index (χ1v) is 10.3. The summed E-state index contributed by atoms with van der Waals surface area (Å²) in [5.74, 6) is 0.173. The van der Waals surface area contributed by atoms with Crippen LogP contribution in [-0.4, -0.2) is 25.5 Å². The van der Waals surface area contributed by atoms with E-state index in [4.69, 9.17) is 34.8 Å². The maximum Gasteiger partial charge on any atom is 0.250 e. The molecule has 0 spiro atoms. The van der Waals surface area contributed by atoms with Crippen LogP contribution in [0.25, 0.3) is 0 Å². The molecule has 1 unspecified atom stereocenters. The molecule has 1 atom stereocenters. The lowest BCUT2D eigenvalue weighted by molar-refractivity contribution is -0.119. The molecule has 2 heterocycles. The molecule has 0 saturated carbocycles. The van der Waals surface area contributed by atoms with Gasteiger partial charge in [-0.3, -0.25) is 14.2 Å². The number of aryl methyl sites for hydroxylation is 1. The minimum atomic E-state index is -0.543. The Balaban J connectivity index is 1.74. The first-order valence-electron chi connectivity index (χ1n) is 8.36. The molecular weight excluding hydrogens is 488 g/mol. The first-order chi connectivity index (χ1) is 13.2.